The summed E-state index contributed by atoms with van der Waals surface area (Å²) in [6.45, 7) is 14.3. The van der Waals surface area contributed by atoms with Crippen LogP contribution in [-0.2, 0) is 0 Å². The zero-order chi connectivity index (χ0) is 12.6. The van der Waals surface area contributed by atoms with Crippen LogP contribution < -0.4 is 10.4 Å². The van der Waals surface area contributed by atoms with Gasteiger partial charge in [-0.3, -0.25) is 0 Å². The van der Waals surface area contributed by atoms with Crippen LogP contribution >= 0.6 is 0 Å². The number of hydrogen-bond donors (Lipinski definition) is 0. The summed E-state index contributed by atoms with van der Waals surface area (Å²) < 4.78 is 0. The van der Waals surface area contributed by atoms with E-state index in [1.807, 2.05) is 12.2 Å². The van der Waals surface area contributed by atoms with E-state index in [2.05, 4.69) is 52.1 Å². The molecule has 0 fully saturated rings. The van der Waals surface area contributed by atoms with Crippen molar-refractivity contribution in [2.75, 3.05) is 0 Å². The Morgan fingerprint density at radius 1 is 1.00 bits per heavy atom. The number of aryl methyl sites for hydroxylation is 1. The molecule has 0 bridgehead atoms. The molecule has 1 aliphatic carbocycles. The summed E-state index contributed by atoms with van der Waals surface area (Å²) in [5.41, 5.74) is 6.33. The van der Waals surface area contributed by atoms with Gasteiger partial charge in [-0.2, -0.15) is 0 Å². The molecule has 0 heterocycles. The molecule has 0 atom stereocenters. The highest BCUT2D eigenvalue weighted by atomic mass is 14.2. The van der Waals surface area contributed by atoms with Gasteiger partial charge >= 0.3 is 0 Å². The normalized spacial score (nSPS) is 15.2. The average molecular weight is 222 g/mol. The first-order chi connectivity index (χ1) is 8.15. The lowest BCUT2D eigenvalue weighted by Crippen LogP contribution is -2.30. The third-order valence-electron chi connectivity index (χ3n) is 3.52. The van der Waals surface area contributed by atoms with Crippen molar-refractivity contribution >= 4 is 17.2 Å². The molecule has 0 nitrogen and oxygen atoms in total. The second-order valence-corrected chi connectivity index (χ2v) is 4.37. The number of rotatable bonds is 2. The quantitative estimate of drug-likeness (QED) is 0.721. The number of benzene rings is 1. The first-order valence-electron chi connectivity index (χ1n) is 5.92. The van der Waals surface area contributed by atoms with E-state index in [1.165, 1.54) is 38.3 Å². The first-order valence-corrected chi connectivity index (χ1v) is 5.92. The van der Waals surface area contributed by atoms with Crippen LogP contribution in [0.15, 0.2) is 43.0 Å². The standard InChI is InChI=1S/C17H18/c1-6-13-11(4)9-10-16-15(8-3)14(7-2)12(5)17(13)16/h6-10H,2-3H2,1,4-5H3/b13-6-. The fourth-order valence-electron chi connectivity index (χ4n) is 2.69. The molecule has 0 radical (unpaired) electrons. The predicted octanol–water partition coefficient (Wildman–Crippen LogP) is 3.11. The number of fused-ring (bicyclic) bond motifs is 1. The monoisotopic (exact) mass is 222 g/mol. The molecule has 2 rings (SSSR count). The van der Waals surface area contributed by atoms with Gasteiger partial charge in [0.25, 0.3) is 0 Å². The lowest BCUT2D eigenvalue weighted by atomic mass is 10.0. The molecule has 0 amide bonds. The highest BCUT2D eigenvalue weighted by Crippen LogP contribution is 2.28. The van der Waals surface area contributed by atoms with Gasteiger partial charge in [0.15, 0.2) is 0 Å². The first kappa shape index (κ1) is 11.7. The van der Waals surface area contributed by atoms with Crippen LogP contribution in [0.2, 0.25) is 0 Å². The molecule has 0 N–H and O–H groups in total. The van der Waals surface area contributed by atoms with Crippen LogP contribution in [0.1, 0.15) is 25.0 Å². The fraction of sp³-hybridized carbons (Fsp3) is 0.176. The molecule has 0 heteroatoms. The van der Waals surface area contributed by atoms with Crippen molar-refractivity contribution in [3.63, 3.8) is 0 Å². The van der Waals surface area contributed by atoms with E-state index >= 15 is 0 Å². The van der Waals surface area contributed by atoms with Gasteiger partial charge in [0, 0.05) is 0 Å². The molecule has 86 valence electrons. The van der Waals surface area contributed by atoms with Crippen LogP contribution in [-0.4, -0.2) is 0 Å². The minimum atomic E-state index is 1.20. The maximum absolute atomic E-state index is 3.92. The third kappa shape index (κ3) is 1.52. The Morgan fingerprint density at radius 2 is 1.65 bits per heavy atom. The van der Waals surface area contributed by atoms with Gasteiger partial charge in [0.1, 0.15) is 0 Å². The molecule has 1 aliphatic rings. The van der Waals surface area contributed by atoms with Crippen LogP contribution in [0.25, 0.3) is 17.2 Å². The summed E-state index contributed by atoms with van der Waals surface area (Å²) >= 11 is 0. The maximum Gasteiger partial charge on any atom is -0.00704 e. The topological polar surface area (TPSA) is 0 Å². The lowest BCUT2D eigenvalue weighted by molar-refractivity contribution is 1.34. The molecular weight excluding hydrogens is 204 g/mol. The fourth-order valence-corrected chi connectivity index (χ4v) is 2.69. The Morgan fingerprint density at radius 3 is 2.18 bits per heavy atom. The Labute approximate surface area is 103 Å². The van der Waals surface area contributed by atoms with Crippen molar-refractivity contribution < 1.29 is 0 Å². The van der Waals surface area contributed by atoms with Crippen molar-refractivity contribution in [3.05, 3.63) is 64.6 Å². The van der Waals surface area contributed by atoms with Gasteiger partial charge in [-0.05, 0) is 59.1 Å². The minimum Gasteiger partial charge on any atom is -0.0984 e. The summed E-state index contributed by atoms with van der Waals surface area (Å²) in [4.78, 5) is 0. The van der Waals surface area contributed by atoms with Crippen molar-refractivity contribution in [2.45, 2.75) is 20.8 Å². The van der Waals surface area contributed by atoms with E-state index in [-0.39, 0.29) is 0 Å². The Hall–Kier alpha value is -1.82. The van der Waals surface area contributed by atoms with Gasteiger partial charge in [-0.15, -0.1) is 0 Å². The van der Waals surface area contributed by atoms with Gasteiger partial charge in [0.2, 0.25) is 0 Å². The molecule has 0 saturated heterocycles. The third-order valence-corrected chi connectivity index (χ3v) is 3.52. The minimum absolute atomic E-state index is 1.20. The summed E-state index contributed by atoms with van der Waals surface area (Å²) in [6.07, 6.45) is 6.05. The van der Waals surface area contributed by atoms with Crippen LogP contribution in [0.3, 0.4) is 0 Å². The van der Waals surface area contributed by atoms with E-state index in [0.29, 0.717) is 0 Å². The maximum atomic E-state index is 3.92. The van der Waals surface area contributed by atoms with E-state index in [0.717, 1.165) is 0 Å². The highest BCUT2D eigenvalue weighted by molar-refractivity contribution is 5.94. The van der Waals surface area contributed by atoms with Crippen molar-refractivity contribution in [3.8, 4) is 0 Å². The SMILES string of the molecule is C=CC1=C(C=C)c2ccc(C)/c(=C/C)c2=C1C. The largest absolute Gasteiger partial charge is 0.0984 e. The van der Waals surface area contributed by atoms with Crippen molar-refractivity contribution in [1.29, 1.82) is 0 Å². The summed E-state index contributed by atoms with van der Waals surface area (Å²) in [5.74, 6) is 0. The van der Waals surface area contributed by atoms with Crippen LogP contribution in [0.5, 0.6) is 0 Å². The summed E-state index contributed by atoms with van der Waals surface area (Å²) in [6, 6.07) is 4.37. The molecule has 0 aromatic heterocycles. The molecule has 0 unspecified atom stereocenters. The molecule has 0 aliphatic heterocycles. The zero-order valence-electron chi connectivity index (χ0n) is 10.8. The molecule has 0 saturated carbocycles. The van der Waals surface area contributed by atoms with Gasteiger partial charge in [-0.1, -0.05) is 43.5 Å². The molecule has 0 spiro atoms. The van der Waals surface area contributed by atoms with Crippen molar-refractivity contribution in [1.82, 2.24) is 0 Å². The van der Waals surface area contributed by atoms with Gasteiger partial charge in [-0.25, -0.2) is 0 Å². The molecule has 17 heavy (non-hydrogen) atoms. The number of allylic oxidation sites excluding steroid dienone is 4. The Kier molecular flexibility index (Phi) is 2.89. The lowest BCUT2D eigenvalue weighted by Gasteiger charge is -2.02. The Balaban J connectivity index is 3.02. The van der Waals surface area contributed by atoms with Crippen LogP contribution in [0.4, 0.5) is 0 Å². The van der Waals surface area contributed by atoms with E-state index in [9.17, 15) is 0 Å². The number of hydrogen-bond acceptors (Lipinski definition) is 0. The van der Waals surface area contributed by atoms with E-state index in [4.69, 9.17) is 0 Å². The highest BCUT2D eigenvalue weighted by Gasteiger charge is 2.17. The predicted molar refractivity (Wildman–Crippen MR) is 77.0 cm³/mol. The molecule has 1 aromatic carbocycles. The summed E-state index contributed by atoms with van der Waals surface area (Å²) in [5, 5.41) is 2.67. The molecule has 1 aromatic rings. The second kappa shape index (κ2) is 4.21. The van der Waals surface area contributed by atoms with Crippen LogP contribution in [0, 0.1) is 6.92 Å². The Bertz CT molecular complexity index is 652. The average Bonchev–Trinajstić information content (AvgIpc) is 2.61. The van der Waals surface area contributed by atoms with Gasteiger partial charge < -0.3 is 0 Å². The summed E-state index contributed by atoms with van der Waals surface area (Å²) in [7, 11) is 0. The molecular formula is C17H18. The van der Waals surface area contributed by atoms with Gasteiger partial charge in [0.05, 0.1) is 0 Å². The second-order valence-electron chi connectivity index (χ2n) is 4.37. The van der Waals surface area contributed by atoms with Crippen molar-refractivity contribution in [2.24, 2.45) is 0 Å². The smallest absolute Gasteiger partial charge is 0.00704 e. The van der Waals surface area contributed by atoms with E-state index in [1.54, 1.807) is 0 Å². The van der Waals surface area contributed by atoms with E-state index < -0.39 is 0 Å². The zero-order valence-corrected chi connectivity index (χ0v) is 10.8.